The lowest BCUT2D eigenvalue weighted by atomic mass is 10.1. The lowest BCUT2D eigenvalue weighted by molar-refractivity contribution is 0.195. The first-order valence-electron chi connectivity index (χ1n) is 4.14. The number of halogens is 1. The lowest BCUT2D eigenvalue weighted by Crippen LogP contribution is -2.03. The van der Waals surface area contributed by atoms with Gasteiger partial charge >= 0.3 is 0 Å². The van der Waals surface area contributed by atoms with Crippen LogP contribution < -0.4 is 4.74 Å². The van der Waals surface area contributed by atoms with Crippen LogP contribution in [-0.4, -0.2) is 18.3 Å². The van der Waals surface area contributed by atoms with Gasteiger partial charge in [-0.2, -0.15) is 0 Å². The molecule has 72 valence electrons. The van der Waals surface area contributed by atoms with Crippen molar-refractivity contribution in [2.75, 3.05) is 7.11 Å². The highest BCUT2D eigenvalue weighted by Gasteiger charge is 2.03. The van der Waals surface area contributed by atoms with E-state index in [0.29, 0.717) is 17.2 Å². The summed E-state index contributed by atoms with van der Waals surface area (Å²) in [4.78, 5) is 0. The number of rotatable bonds is 3. The second-order valence-corrected chi connectivity index (χ2v) is 3.43. The van der Waals surface area contributed by atoms with Crippen molar-refractivity contribution in [3.63, 3.8) is 0 Å². The molecule has 0 bridgehead atoms. The average molecular weight is 201 g/mol. The largest absolute Gasteiger partial charge is 0.495 e. The minimum atomic E-state index is -0.343. The molecule has 0 fully saturated rings. The van der Waals surface area contributed by atoms with Crippen LogP contribution >= 0.6 is 11.6 Å². The number of aliphatic hydroxyl groups excluding tert-OH is 1. The molecule has 0 aliphatic rings. The predicted octanol–water partition coefficient (Wildman–Crippen LogP) is 2.27. The molecule has 0 spiro atoms. The third kappa shape index (κ3) is 2.90. The monoisotopic (exact) mass is 200 g/mol. The van der Waals surface area contributed by atoms with Crippen LogP contribution in [0.4, 0.5) is 0 Å². The smallest absolute Gasteiger partial charge is 0.137 e. The zero-order valence-corrected chi connectivity index (χ0v) is 8.51. The Balaban J connectivity index is 2.83. The molecule has 0 saturated heterocycles. The third-order valence-electron chi connectivity index (χ3n) is 1.75. The summed E-state index contributed by atoms with van der Waals surface area (Å²) in [5.74, 6) is 0.663. The Kier molecular flexibility index (Phi) is 3.58. The molecule has 1 N–H and O–H groups in total. The van der Waals surface area contributed by atoms with Crippen molar-refractivity contribution in [3.05, 3.63) is 28.8 Å². The van der Waals surface area contributed by atoms with Crippen molar-refractivity contribution in [1.82, 2.24) is 0 Å². The lowest BCUT2D eigenvalue weighted by Gasteiger charge is -2.07. The van der Waals surface area contributed by atoms with Crippen molar-refractivity contribution in [1.29, 1.82) is 0 Å². The summed E-state index contributed by atoms with van der Waals surface area (Å²) in [5.41, 5.74) is 1.01. The topological polar surface area (TPSA) is 29.5 Å². The second kappa shape index (κ2) is 4.49. The van der Waals surface area contributed by atoms with E-state index in [2.05, 4.69) is 0 Å². The van der Waals surface area contributed by atoms with Crippen molar-refractivity contribution in [2.24, 2.45) is 0 Å². The molecule has 2 nitrogen and oxygen atoms in total. The molecule has 0 aromatic heterocycles. The van der Waals surface area contributed by atoms with E-state index in [-0.39, 0.29) is 6.10 Å². The molecule has 3 heteroatoms. The fourth-order valence-electron chi connectivity index (χ4n) is 1.18. The van der Waals surface area contributed by atoms with Crippen molar-refractivity contribution >= 4 is 11.6 Å². The SMILES string of the molecule is COc1ccc(CC(C)O)cc1Cl. The number of benzene rings is 1. The molecule has 1 aromatic carbocycles. The van der Waals surface area contributed by atoms with E-state index in [4.69, 9.17) is 21.4 Å². The van der Waals surface area contributed by atoms with Gasteiger partial charge in [0.25, 0.3) is 0 Å². The van der Waals surface area contributed by atoms with Crippen molar-refractivity contribution in [2.45, 2.75) is 19.4 Å². The van der Waals surface area contributed by atoms with E-state index < -0.39 is 0 Å². The summed E-state index contributed by atoms with van der Waals surface area (Å²) >= 11 is 5.91. The maximum absolute atomic E-state index is 9.15. The first kappa shape index (κ1) is 10.4. The quantitative estimate of drug-likeness (QED) is 0.811. The summed E-state index contributed by atoms with van der Waals surface area (Å²) < 4.78 is 5.01. The highest BCUT2D eigenvalue weighted by atomic mass is 35.5. The van der Waals surface area contributed by atoms with Gasteiger partial charge in [-0.25, -0.2) is 0 Å². The highest BCUT2D eigenvalue weighted by Crippen LogP contribution is 2.25. The Labute approximate surface area is 83.1 Å². The summed E-state index contributed by atoms with van der Waals surface area (Å²) in [6.07, 6.45) is 0.272. The molecule has 0 heterocycles. The standard InChI is InChI=1S/C10H13ClO2/c1-7(12)5-8-3-4-10(13-2)9(11)6-8/h3-4,6-7,12H,5H2,1-2H3. The molecule has 1 unspecified atom stereocenters. The van der Waals surface area contributed by atoms with E-state index in [1.165, 1.54) is 0 Å². The molecule has 13 heavy (non-hydrogen) atoms. The molecule has 1 aromatic rings. The normalized spacial score (nSPS) is 12.6. The van der Waals surface area contributed by atoms with E-state index in [9.17, 15) is 0 Å². The summed E-state index contributed by atoms with van der Waals surface area (Å²) in [7, 11) is 1.58. The second-order valence-electron chi connectivity index (χ2n) is 3.02. The molecule has 0 amide bonds. The molecular formula is C10H13ClO2. The van der Waals surface area contributed by atoms with Crippen molar-refractivity contribution < 1.29 is 9.84 Å². The molecular weight excluding hydrogens is 188 g/mol. The van der Waals surface area contributed by atoms with Crippen LogP contribution in [0.1, 0.15) is 12.5 Å². The fourth-order valence-corrected chi connectivity index (χ4v) is 1.46. The van der Waals surface area contributed by atoms with Crippen LogP contribution in [0.15, 0.2) is 18.2 Å². The van der Waals surface area contributed by atoms with Gasteiger partial charge in [0.2, 0.25) is 0 Å². The van der Waals surface area contributed by atoms with Crippen LogP contribution in [0, 0.1) is 0 Å². The number of hydrogen-bond acceptors (Lipinski definition) is 2. The number of methoxy groups -OCH3 is 1. The maximum atomic E-state index is 9.15. The summed E-state index contributed by atoms with van der Waals surface area (Å²) in [6, 6.07) is 5.52. The van der Waals surface area contributed by atoms with Crippen LogP contribution in [0.5, 0.6) is 5.75 Å². The molecule has 1 atom stereocenters. The molecule has 0 aliphatic heterocycles. The van der Waals surface area contributed by atoms with Crippen LogP contribution in [0.3, 0.4) is 0 Å². The van der Waals surface area contributed by atoms with Gasteiger partial charge in [0, 0.05) is 0 Å². The minimum absolute atomic E-state index is 0.343. The summed E-state index contributed by atoms with van der Waals surface area (Å²) in [6.45, 7) is 1.75. The van der Waals surface area contributed by atoms with Crippen molar-refractivity contribution in [3.8, 4) is 5.75 Å². The van der Waals surface area contributed by atoms with Gasteiger partial charge in [0.15, 0.2) is 0 Å². The Morgan fingerprint density at radius 3 is 2.69 bits per heavy atom. The predicted molar refractivity (Wildman–Crippen MR) is 53.4 cm³/mol. The fraction of sp³-hybridized carbons (Fsp3) is 0.400. The van der Waals surface area contributed by atoms with E-state index >= 15 is 0 Å². The minimum Gasteiger partial charge on any atom is -0.495 e. The molecule has 0 radical (unpaired) electrons. The van der Waals surface area contributed by atoms with Gasteiger partial charge < -0.3 is 9.84 Å². The molecule has 0 saturated carbocycles. The van der Waals surface area contributed by atoms with Gasteiger partial charge in [-0.15, -0.1) is 0 Å². The first-order valence-corrected chi connectivity index (χ1v) is 4.51. The zero-order valence-electron chi connectivity index (χ0n) is 7.75. The molecule has 0 aliphatic carbocycles. The van der Waals surface area contributed by atoms with Crippen LogP contribution in [0.2, 0.25) is 5.02 Å². The Hall–Kier alpha value is -0.730. The Bertz CT molecular complexity index is 284. The highest BCUT2D eigenvalue weighted by molar-refractivity contribution is 6.32. The van der Waals surface area contributed by atoms with Gasteiger partial charge in [-0.05, 0) is 31.0 Å². The Morgan fingerprint density at radius 2 is 2.23 bits per heavy atom. The van der Waals surface area contributed by atoms with Gasteiger partial charge in [-0.1, -0.05) is 17.7 Å². The van der Waals surface area contributed by atoms with E-state index in [0.717, 1.165) is 5.56 Å². The zero-order chi connectivity index (χ0) is 9.84. The first-order chi connectivity index (χ1) is 6.13. The maximum Gasteiger partial charge on any atom is 0.137 e. The third-order valence-corrected chi connectivity index (χ3v) is 2.04. The van der Waals surface area contributed by atoms with E-state index in [1.807, 2.05) is 12.1 Å². The van der Waals surface area contributed by atoms with E-state index in [1.54, 1.807) is 20.1 Å². The van der Waals surface area contributed by atoms with Gasteiger partial charge in [0.1, 0.15) is 5.75 Å². The van der Waals surface area contributed by atoms with Gasteiger partial charge in [0.05, 0.1) is 18.2 Å². The number of ether oxygens (including phenoxy) is 1. The van der Waals surface area contributed by atoms with Crippen LogP contribution in [-0.2, 0) is 6.42 Å². The number of aliphatic hydroxyl groups is 1. The average Bonchev–Trinajstić information content (AvgIpc) is 2.03. The summed E-state index contributed by atoms with van der Waals surface area (Å²) in [5, 5.41) is 9.73. The van der Waals surface area contributed by atoms with Gasteiger partial charge in [-0.3, -0.25) is 0 Å². The molecule has 1 rings (SSSR count). The Morgan fingerprint density at radius 1 is 1.54 bits per heavy atom. The van der Waals surface area contributed by atoms with Crippen LogP contribution in [0.25, 0.3) is 0 Å². The number of hydrogen-bond donors (Lipinski definition) is 1.